The summed E-state index contributed by atoms with van der Waals surface area (Å²) in [5, 5.41) is 19.3. The van der Waals surface area contributed by atoms with Crippen LogP contribution in [0.15, 0.2) is 12.2 Å². The Hall–Kier alpha value is -0.910. The summed E-state index contributed by atoms with van der Waals surface area (Å²) in [6.45, 7) is 3.00. The average Bonchev–Trinajstić information content (AvgIpc) is 3.05. The van der Waals surface area contributed by atoms with Gasteiger partial charge in [-0.1, -0.05) is 51.2 Å². The Morgan fingerprint density at radius 2 is 1.81 bits per heavy atom. The lowest BCUT2D eigenvalue weighted by molar-refractivity contribution is -0.209. The summed E-state index contributed by atoms with van der Waals surface area (Å²) in [5.41, 5.74) is 5.99. The first-order valence-corrected chi connectivity index (χ1v) is 10.9. The number of hydrogen-bond donors (Lipinski definition) is 3. The SMILES string of the molecule is CCCCCCC=C[C@@H]1[C@H](CCCCCC(O)(O)C(=O)OC)CC[C@H]1CN. The average molecular weight is 384 g/mol. The molecule has 0 unspecified atom stereocenters. The normalized spacial score (nSPS) is 23.2. The van der Waals surface area contributed by atoms with E-state index in [0.29, 0.717) is 24.2 Å². The van der Waals surface area contributed by atoms with Crippen molar-refractivity contribution in [3.8, 4) is 0 Å². The second kappa shape index (κ2) is 13.3. The minimum atomic E-state index is -2.35. The Kier molecular flexibility index (Phi) is 11.9. The van der Waals surface area contributed by atoms with Crippen LogP contribution >= 0.6 is 0 Å². The van der Waals surface area contributed by atoms with Gasteiger partial charge in [0.25, 0.3) is 5.79 Å². The molecule has 0 aromatic carbocycles. The molecule has 0 aromatic heterocycles. The van der Waals surface area contributed by atoms with Gasteiger partial charge in [-0.2, -0.15) is 0 Å². The number of carbonyl (C=O) groups is 1. The van der Waals surface area contributed by atoms with Crippen LogP contribution in [0.25, 0.3) is 0 Å². The van der Waals surface area contributed by atoms with E-state index in [0.717, 1.165) is 32.9 Å². The molecule has 1 fully saturated rings. The summed E-state index contributed by atoms with van der Waals surface area (Å²) in [5.74, 6) is -1.46. The molecule has 0 heterocycles. The van der Waals surface area contributed by atoms with E-state index in [2.05, 4.69) is 23.8 Å². The van der Waals surface area contributed by atoms with Gasteiger partial charge in [0.1, 0.15) is 0 Å². The van der Waals surface area contributed by atoms with Crippen molar-refractivity contribution in [3.05, 3.63) is 12.2 Å². The summed E-state index contributed by atoms with van der Waals surface area (Å²) >= 11 is 0. The molecule has 0 aromatic rings. The van der Waals surface area contributed by atoms with Crippen LogP contribution in [-0.4, -0.2) is 35.6 Å². The maximum absolute atomic E-state index is 11.3. The first kappa shape index (κ1) is 24.1. The molecule has 5 nitrogen and oxygen atoms in total. The van der Waals surface area contributed by atoms with Crippen molar-refractivity contribution in [1.82, 2.24) is 0 Å². The van der Waals surface area contributed by atoms with E-state index in [4.69, 9.17) is 5.73 Å². The number of unbranched alkanes of at least 4 members (excludes halogenated alkanes) is 6. The standard InChI is InChI=1S/C22H41NO4/c1-3-4-5-6-7-10-13-20-18(14-15-19(20)17-23)12-9-8-11-16-22(25,26)21(24)27-2/h10,13,18-20,25-26H,3-9,11-12,14-17,23H2,1-2H3/t18-,19+,20-/m1/s1. The fraction of sp³-hybridized carbons (Fsp3) is 0.864. The zero-order valence-corrected chi connectivity index (χ0v) is 17.4. The van der Waals surface area contributed by atoms with Crippen molar-refractivity contribution in [2.24, 2.45) is 23.5 Å². The topological polar surface area (TPSA) is 92.8 Å². The van der Waals surface area contributed by atoms with E-state index in [-0.39, 0.29) is 6.42 Å². The third kappa shape index (κ3) is 8.75. The van der Waals surface area contributed by atoms with Gasteiger partial charge in [-0.05, 0) is 62.8 Å². The van der Waals surface area contributed by atoms with Gasteiger partial charge in [0, 0.05) is 6.42 Å². The first-order chi connectivity index (χ1) is 13.0. The molecular formula is C22H41NO4. The van der Waals surface area contributed by atoms with Gasteiger partial charge in [0.2, 0.25) is 0 Å². The zero-order valence-electron chi connectivity index (χ0n) is 17.4. The molecule has 0 amide bonds. The van der Waals surface area contributed by atoms with Crippen molar-refractivity contribution in [1.29, 1.82) is 0 Å². The maximum atomic E-state index is 11.3. The van der Waals surface area contributed by atoms with Crippen LogP contribution in [0.3, 0.4) is 0 Å². The number of methoxy groups -OCH3 is 1. The lowest BCUT2D eigenvalue weighted by Crippen LogP contribution is -2.39. The van der Waals surface area contributed by atoms with Gasteiger partial charge in [0.05, 0.1) is 7.11 Å². The number of ether oxygens (including phenoxy) is 1. The second-order valence-electron chi connectivity index (χ2n) is 8.10. The first-order valence-electron chi connectivity index (χ1n) is 10.9. The van der Waals surface area contributed by atoms with Crippen molar-refractivity contribution in [2.45, 2.75) is 89.8 Å². The van der Waals surface area contributed by atoms with Gasteiger partial charge in [-0.25, -0.2) is 4.79 Å². The predicted molar refractivity (Wildman–Crippen MR) is 109 cm³/mol. The third-order valence-electron chi connectivity index (χ3n) is 5.99. The maximum Gasteiger partial charge on any atom is 0.366 e. The fourth-order valence-electron chi connectivity index (χ4n) is 4.29. The van der Waals surface area contributed by atoms with Crippen LogP contribution in [0.4, 0.5) is 0 Å². The van der Waals surface area contributed by atoms with Crippen LogP contribution in [0, 0.1) is 17.8 Å². The summed E-state index contributed by atoms with van der Waals surface area (Å²) in [4.78, 5) is 11.3. The van der Waals surface area contributed by atoms with Crippen LogP contribution in [0.5, 0.6) is 0 Å². The zero-order chi connectivity index (χ0) is 20.1. The number of allylic oxidation sites excluding steroid dienone is 2. The largest absolute Gasteiger partial charge is 0.465 e. The van der Waals surface area contributed by atoms with Gasteiger partial charge < -0.3 is 20.7 Å². The van der Waals surface area contributed by atoms with E-state index in [1.54, 1.807) is 0 Å². The van der Waals surface area contributed by atoms with Gasteiger partial charge >= 0.3 is 5.97 Å². The summed E-state index contributed by atoms with van der Waals surface area (Å²) in [7, 11) is 1.16. The van der Waals surface area contributed by atoms with E-state index >= 15 is 0 Å². The molecule has 0 saturated heterocycles. The Morgan fingerprint density at radius 1 is 1.11 bits per heavy atom. The van der Waals surface area contributed by atoms with E-state index in [1.807, 2.05) is 0 Å². The minimum Gasteiger partial charge on any atom is -0.465 e. The second-order valence-corrected chi connectivity index (χ2v) is 8.10. The van der Waals surface area contributed by atoms with Crippen molar-refractivity contribution >= 4 is 5.97 Å². The number of esters is 1. The predicted octanol–water partition coefficient (Wildman–Crippen LogP) is 3.92. The van der Waals surface area contributed by atoms with Gasteiger partial charge in [0.15, 0.2) is 0 Å². The summed E-state index contributed by atoms with van der Waals surface area (Å²) in [6.07, 6.45) is 17.3. The quantitative estimate of drug-likeness (QED) is 0.183. The Balaban J connectivity index is 2.33. The minimum absolute atomic E-state index is 0.0247. The summed E-state index contributed by atoms with van der Waals surface area (Å²) in [6, 6.07) is 0. The van der Waals surface area contributed by atoms with Crippen molar-refractivity contribution in [3.63, 3.8) is 0 Å². The Bertz CT molecular complexity index is 436. The molecule has 0 bridgehead atoms. The molecule has 5 heteroatoms. The van der Waals surface area contributed by atoms with Crippen LogP contribution in [0.1, 0.15) is 84.0 Å². The smallest absolute Gasteiger partial charge is 0.366 e. The highest BCUT2D eigenvalue weighted by atomic mass is 16.6. The molecule has 1 aliphatic carbocycles. The monoisotopic (exact) mass is 383 g/mol. The van der Waals surface area contributed by atoms with Crippen LogP contribution in [-0.2, 0) is 9.53 Å². The molecule has 1 rings (SSSR count). The van der Waals surface area contributed by atoms with Gasteiger partial charge in [-0.15, -0.1) is 0 Å². The number of rotatable bonds is 14. The van der Waals surface area contributed by atoms with Crippen molar-refractivity contribution < 1.29 is 19.7 Å². The Morgan fingerprint density at radius 3 is 2.48 bits per heavy atom. The molecule has 0 radical (unpaired) electrons. The molecule has 0 aliphatic heterocycles. The van der Waals surface area contributed by atoms with E-state index in [1.165, 1.54) is 44.9 Å². The van der Waals surface area contributed by atoms with Gasteiger partial charge in [-0.3, -0.25) is 0 Å². The van der Waals surface area contributed by atoms with Crippen LogP contribution < -0.4 is 5.73 Å². The van der Waals surface area contributed by atoms with Crippen molar-refractivity contribution in [2.75, 3.05) is 13.7 Å². The highest BCUT2D eigenvalue weighted by Crippen LogP contribution is 2.40. The lowest BCUT2D eigenvalue weighted by Gasteiger charge is -2.21. The number of hydrogen-bond acceptors (Lipinski definition) is 5. The molecular weight excluding hydrogens is 342 g/mol. The molecule has 0 spiro atoms. The molecule has 1 saturated carbocycles. The lowest BCUT2D eigenvalue weighted by atomic mass is 9.85. The number of aliphatic hydroxyl groups is 2. The highest BCUT2D eigenvalue weighted by molar-refractivity contribution is 5.76. The number of nitrogens with two attached hydrogens (primary N) is 1. The summed E-state index contributed by atoms with van der Waals surface area (Å²) < 4.78 is 4.40. The third-order valence-corrected chi connectivity index (χ3v) is 5.99. The number of carbonyl (C=O) groups excluding carboxylic acids is 1. The highest BCUT2D eigenvalue weighted by Gasteiger charge is 2.34. The molecule has 3 atom stereocenters. The molecule has 4 N–H and O–H groups in total. The van der Waals surface area contributed by atoms with E-state index in [9.17, 15) is 15.0 Å². The Labute approximate surface area is 165 Å². The van der Waals surface area contributed by atoms with Crippen LogP contribution in [0.2, 0.25) is 0 Å². The molecule has 27 heavy (non-hydrogen) atoms. The molecule has 1 aliphatic rings. The van der Waals surface area contributed by atoms with E-state index < -0.39 is 11.8 Å². The fourth-order valence-corrected chi connectivity index (χ4v) is 4.29. The molecule has 158 valence electrons.